The molecule has 0 aliphatic carbocycles. The van der Waals surface area contributed by atoms with Crippen LogP contribution >= 0.6 is 24.0 Å². The minimum absolute atomic E-state index is 0. The lowest BCUT2D eigenvalue weighted by molar-refractivity contribution is 0.0203. The van der Waals surface area contributed by atoms with Crippen molar-refractivity contribution >= 4 is 29.9 Å². The van der Waals surface area contributed by atoms with Crippen LogP contribution in [0.4, 0.5) is 0 Å². The van der Waals surface area contributed by atoms with Gasteiger partial charge in [0.2, 0.25) is 0 Å². The minimum atomic E-state index is 0. The van der Waals surface area contributed by atoms with E-state index >= 15 is 0 Å². The molecule has 6 nitrogen and oxygen atoms in total. The van der Waals surface area contributed by atoms with E-state index in [-0.39, 0.29) is 24.0 Å². The first kappa shape index (κ1) is 24.9. The van der Waals surface area contributed by atoms with E-state index < -0.39 is 0 Å². The van der Waals surface area contributed by atoms with Crippen molar-refractivity contribution in [1.82, 2.24) is 15.5 Å². The second-order valence-corrected chi connectivity index (χ2v) is 7.65. The van der Waals surface area contributed by atoms with Gasteiger partial charge in [0.25, 0.3) is 0 Å². The number of guanidine groups is 1. The van der Waals surface area contributed by atoms with E-state index in [9.17, 15) is 0 Å². The Kier molecular flexibility index (Phi) is 14.5. The maximum Gasteiger partial charge on any atom is 0.190 e. The Balaban J connectivity index is 0.00000364. The maximum absolute atomic E-state index is 5.81. The van der Waals surface area contributed by atoms with Crippen molar-refractivity contribution in [3.05, 3.63) is 0 Å². The Hall–Kier alpha value is -0.120. The molecule has 0 aromatic heterocycles. The molecule has 7 heteroatoms. The predicted molar refractivity (Wildman–Crippen MR) is 123 cm³/mol. The second-order valence-electron chi connectivity index (χ2n) is 7.65. The number of hydrogen-bond acceptors (Lipinski definition) is 4. The average molecular weight is 496 g/mol. The summed E-state index contributed by atoms with van der Waals surface area (Å²) >= 11 is 0. The molecule has 0 aromatic rings. The molecular weight excluding hydrogens is 455 g/mol. The SMILES string of the molecule is CCCN1CCC(CNC(=NC)NCCCOCC2CCOCC2)CC1.I. The van der Waals surface area contributed by atoms with E-state index in [2.05, 4.69) is 27.4 Å². The van der Waals surface area contributed by atoms with Gasteiger partial charge in [-0.3, -0.25) is 4.99 Å². The van der Waals surface area contributed by atoms with Gasteiger partial charge in [-0.1, -0.05) is 6.92 Å². The number of likely N-dealkylation sites (tertiary alicyclic amines) is 1. The van der Waals surface area contributed by atoms with Gasteiger partial charge in [0.1, 0.15) is 0 Å². The van der Waals surface area contributed by atoms with Gasteiger partial charge >= 0.3 is 0 Å². The van der Waals surface area contributed by atoms with Crippen molar-refractivity contribution in [3.8, 4) is 0 Å². The van der Waals surface area contributed by atoms with Crippen LogP contribution in [0.25, 0.3) is 0 Å². The molecule has 0 saturated carbocycles. The average Bonchev–Trinajstić information content (AvgIpc) is 2.69. The summed E-state index contributed by atoms with van der Waals surface area (Å²) in [4.78, 5) is 6.92. The first-order valence-corrected chi connectivity index (χ1v) is 10.6. The molecule has 160 valence electrons. The van der Waals surface area contributed by atoms with E-state index in [0.29, 0.717) is 5.92 Å². The Labute approximate surface area is 183 Å². The largest absolute Gasteiger partial charge is 0.381 e. The Morgan fingerprint density at radius 2 is 1.85 bits per heavy atom. The molecule has 0 radical (unpaired) electrons. The van der Waals surface area contributed by atoms with Crippen molar-refractivity contribution < 1.29 is 9.47 Å². The molecule has 0 aromatic carbocycles. The molecular formula is C20H41IN4O2. The van der Waals surface area contributed by atoms with E-state index in [1.54, 1.807) is 0 Å². The van der Waals surface area contributed by atoms with E-state index in [4.69, 9.17) is 9.47 Å². The fourth-order valence-corrected chi connectivity index (χ4v) is 3.74. The van der Waals surface area contributed by atoms with Crippen LogP contribution in [0.1, 0.15) is 45.4 Å². The molecule has 2 fully saturated rings. The number of aliphatic imine (C=N–C) groups is 1. The molecule has 2 N–H and O–H groups in total. The van der Waals surface area contributed by atoms with Crippen LogP contribution in [0.2, 0.25) is 0 Å². The minimum Gasteiger partial charge on any atom is -0.381 e. The Bertz CT molecular complexity index is 384. The summed E-state index contributed by atoms with van der Waals surface area (Å²) in [5, 5.41) is 6.90. The lowest BCUT2D eigenvalue weighted by atomic mass is 9.97. The van der Waals surface area contributed by atoms with Gasteiger partial charge < -0.3 is 25.0 Å². The second kappa shape index (κ2) is 15.8. The fraction of sp³-hybridized carbons (Fsp3) is 0.950. The van der Waals surface area contributed by atoms with Gasteiger partial charge in [-0.15, -0.1) is 24.0 Å². The number of hydrogen-bond donors (Lipinski definition) is 2. The summed E-state index contributed by atoms with van der Waals surface area (Å²) in [5.41, 5.74) is 0. The Morgan fingerprint density at radius 1 is 1.11 bits per heavy atom. The molecule has 27 heavy (non-hydrogen) atoms. The Morgan fingerprint density at radius 3 is 2.52 bits per heavy atom. The summed E-state index contributed by atoms with van der Waals surface area (Å²) in [6, 6.07) is 0. The van der Waals surface area contributed by atoms with Crippen LogP contribution in [0.3, 0.4) is 0 Å². The normalized spacial score (nSPS) is 20.3. The first-order chi connectivity index (χ1) is 12.8. The molecule has 2 aliphatic rings. The number of nitrogens with zero attached hydrogens (tertiary/aromatic N) is 2. The first-order valence-electron chi connectivity index (χ1n) is 10.6. The zero-order chi connectivity index (χ0) is 18.5. The highest BCUT2D eigenvalue weighted by Gasteiger charge is 2.18. The molecule has 0 spiro atoms. The lowest BCUT2D eigenvalue weighted by Gasteiger charge is -2.32. The summed E-state index contributed by atoms with van der Waals surface area (Å²) in [6.45, 7) is 11.4. The summed E-state index contributed by atoms with van der Waals surface area (Å²) in [6.07, 6.45) is 7.16. The van der Waals surface area contributed by atoms with Crippen molar-refractivity contribution in [2.24, 2.45) is 16.8 Å². The summed E-state index contributed by atoms with van der Waals surface area (Å²) in [5.74, 6) is 2.38. The van der Waals surface area contributed by atoms with Crippen molar-refractivity contribution in [2.45, 2.75) is 45.4 Å². The zero-order valence-corrected chi connectivity index (χ0v) is 19.7. The molecule has 0 unspecified atom stereocenters. The van der Waals surface area contributed by atoms with Crippen LogP contribution in [0.5, 0.6) is 0 Å². The zero-order valence-electron chi connectivity index (χ0n) is 17.4. The molecule has 0 atom stereocenters. The lowest BCUT2D eigenvalue weighted by Crippen LogP contribution is -2.43. The van der Waals surface area contributed by atoms with Crippen LogP contribution in [-0.2, 0) is 9.47 Å². The van der Waals surface area contributed by atoms with Gasteiger partial charge in [-0.25, -0.2) is 0 Å². The van der Waals surface area contributed by atoms with Crippen molar-refractivity contribution in [1.29, 1.82) is 0 Å². The number of nitrogens with one attached hydrogen (secondary N) is 2. The highest BCUT2D eigenvalue weighted by Crippen LogP contribution is 2.16. The topological polar surface area (TPSA) is 58.1 Å². The van der Waals surface area contributed by atoms with Crippen LogP contribution in [-0.4, -0.2) is 77.1 Å². The van der Waals surface area contributed by atoms with Crippen molar-refractivity contribution in [2.75, 3.05) is 66.2 Å². The number of piperidine rings is 1. The monoisotopic (exact) mass is 496 g/mol. The van der Waals surface area contributed by atoms with E-state index in [1.807, 2.05) is 7.05 Å². The summed E-state index contributed by atoms with van der Waals surface area (Å²) < 4.78 is 11.2. The highest BCUT2D eigenvalue weighted by molar-refractivity contribution is 14.0. The smallest absolute Gasteiger partial charge is 0.190 e. The molecule has 2 heterocycles. The van der Waals surface area contributed by atoms with Crippen molar-refractivity contribution in [3.63, 3.8) is 0 Å². The van der Waals surface area contributed by atoms with E-state index in [0.717, 1.165) is 70.7 Å². The molecule has 2 saturated heterocycles. The fourth-order valence-electron chi connectivity index (χ4n) is 3.74. The molecule has 0 amide bonds. The van der Waals surface area contributed by atoms with Gasteiger partial charge in [-0.2, -0.15) is 0 Å². The molecule has 0 bridgehead atoms. The van der Waals surface area contributed by atoms with Crippen LogP contribution in [0, 0.1) is 11.8 Å². The highest BCUT2D eigenvalue weighted by atomic mass is 127. The van der Waals surface area contributed by atoms with Gasteiger partial charge in [0.15, 0.2) is 5.96 Å². The van der Waals surface area contributed by atoms with Gasteiger partial charge in [-0.05, 0) is 70.0 Å². The van der Waals surface area contributed by atoms with Crippen LogP contribution in [0.15, 0.2) is 4.99 Å². The number of rotatable bonds is 10. The standard InChI is InChI=1S/C20H40N4O2.HI/c1-3-10-24-11-5-18(6-12-24)16-23-20(21-2)22-9-4-13-26-17-19-7-14-25-15-8-19;/h18-19H,3-17H2,1-2H3,(H2,21,22,23);1H. The summed E-state index contributed by atoms with van der Waals surface area (Å²) in [7, 11) is 1.85. The van der Waals surface area contributed by atoms with Gasteiger partial charge in [0, 0.05) is 46.6 Å². The van der Waals surface area contributed by atoms with Crippen LogP contribution < -0.4 is 10.6 Å². The quantitative estimate of drug-likeness (QED) is 0.211. The van der Waals surface area contributed by atoms with E-state index in [1.165, 1.54) is 38.9 Å². The third-order valence-corrected chi connectivity index (χ3v) is 5.48. The molecule has 2 aliphatic heterocycles. The third kappa shape index (κ3) is 10.9. The predicted octanol–water partition coefficient (Wildman–Crippen LogP) is 2.72. The third-order valence-electron chi connectivity index (χ3n) is 5.48. The maximum atomic E-state index is 5.81. The number of ether oxygens (including phenoxy) is 2. The van der Waals surface area contributed by atoms with Gasteiger partial charge in [0.05, 0.1) is 0 Å². The number of halogens is 1. The molecule has 2 rings (SSSR count).